The van der Waals surface area contributed by atoms with E-state index in [-0.39, 0.29) is 10.8 Å². The van der Waals surface area contributed by atoms with Crippen LogP contribution in [-0.2, 0) is 13.5 Å². The van der Waals surface area contributed by atoms with Crippen molar-refractivity contribution in [3.8, 4) is 0 Å². The Bertz CT molecular complexity index is 1190. The number of nitrogens with one attached hydrogen (secondary N) is 1. The summed E-state index contributed by atoms with van der Waals surface area (Å²) in [6.07, 6.45) is 0.730. The highest BCUT2D eigenvalue weighted by molar-refractivity contribution is 7.99. The van der Waals surface area contributed by atoms with Gasteiger partial charge in [-0.05, 0) is 31.9 Å². The van der Waals surface area contributed by atoms with Gasteiger partial charge < -0.3 is 9.55 Å². The van der Waals surface area contributed by atoms with Gasteiger partial charge >= 0.3 is 0 Å². The number of rotatable bonds is 5. The molecule has 3 heterocycles. The second-order valence-corrected chi connectivity index (χ2v) is 9.31. The average molecular weight is 412 g/mol. The van der Waals surface area contributed by atoms with Gasteiger partial charge in [0, 0.05) is 18.3 Å². The van der Waals surface area contributed by atoms with Gasteiger partial charge in [-0.2, -0.15) is 0 Å². The zero-order valence-corrected chi connectivity index (χ0v) is 17.8. The molecule has 1 atom stereocenters. The maximum atomic E-state index is 12.5. The Morgan fingerprint density at radius 2 is 1.96 bits per heavy atom. The predicted molar refractivity (Wildman–Crippen MR) is 114 cm³/mol. The number of aromatic amines is 1. The van der Waals surface area contributed by atoms with Crippen molar-refractivity contribution in [2.24, 2.45) is 7.05 Å². The Kier molecular flexibility index (Phi) is 5.07. The number of fused-ring (bicyclic) bond motifs is 1. The SMILES string of the molecule is Cc1sc2nc([C@H](C)Sc3nnc(Cc4ccccc4)n3C)[nH]c(=O)c2c1C. The molecular weight excluding hydrogens is 390 g/mol. The maximum Gasteiger partial charge on any atom is 0.259 e. The van der Waals surface area contributed by atoms with E-state index < -0.39 is 0 Å². The highest BCUT2D eigenvalue weighted by atomic mass is 32.2. The Morgan fingerprint density at radius 1 is 1.21 bits per heavy atom. The molecule has 144 valence electrons. The standard InChI is InChI=1S/C20H21N5OS2/c1-11-12(2)27-19-16(11)18(26)21-17(22-19)13(3)28-20-24-23-15(25(20)4)10-14-8-6-5-7-9-14/h5-9,13H,10H2,1-4H3,(H,21,22,26)/t13-/m0/s1. The molecule has 1 aromatic carbocycles. The number of aryl methyl sites for hydroxylation is 2. The summed E-state index contributed by atoms with van der Waals surface area (Å²) < 4.78 is 2.00. The number of benzene rings is 1. The molecule has 0 saturated carbocycles. The number of nitrogens with zero attached hydrogens (tertiary/aromatic N) is 4. The molecule has 0 unspecified atom stereocenters. The molecule has 3 aromatic heterocycles. The maximum absolute atomic E-state index is 12.5. The molecular formula is C20H21N5OS2. The number of hydrogen-bond donors (Lipinski definition) is 1. The molecule has 8 heteroatoms. The van der Waals surface area contributed by atoms with Crippen LogP contribution in [0.2, 0.25) is 0 Å². The number of aromatic nitrogens is 5. The molecule has 0 spiro atoms. The van der Waals surface area contributed by atoms with Gasteiger partial charge in [0.15, 0.2) is 5.16 Å². The Labute approximate surface area is 171 Å². The van der Waals surface area contributed by atoms with Crippen LogP contribution in [0.1, 0.15) is 39.8 Å². The molecule has 4 aromatic rings. The summed E-state index contributed by atoms with van der Waals surface area (Å²) in [4.78, 5) is 22.1. The molecule has 0 radical (unpaired) electrons. The summed E-state index contributed by atoms with van der Waals surface area (Å²) in [5.74, 6) is 1.57. The highest BCUT2D eigenvalue weighted by Crippen LogP contribution is 2.33. The van der Waals surface area contributed by atoms with Crippen molar-refractivity contribution < 1.29 is 0 Å². The Balaban J connectivity index is 1.58. The van der Waals surface area contributed by atoms with Crippen LogP contribution in [0.4, 0.5) is 0 Å². The minimum Gasteiger partial charge on any atom is -0.309 e. The third kappa shape index (κ3) is 3.49. The first-order valence-corrected chi connectivity index (χ1v) is 10.7. The van der Waals surface area contributed by atoms with Crippen molar-refractivity contribution in [2.45, 2.75) is 37.6 Å². The molecule has 0 aliphatic carbocycles. The zero-order valence-electron chi connectivity index (χ0n) is 16.2. The van der Waals surface area contributed by atoms with Crippen LogP contribution >= 0.6 is 23.1 Å². The van der Waals surface area contributed by atoms with Crippen molar-refractivity contribution in [3.63, 3.8) is 0 Å². The van der Waals surface area contributed by atoms with Crippen LogP contribution in [-0.4, -0.2) is 24.7 Å². The van der Waals surface area contributed by atoms with E-state index >= 15 is 0 Å². The molecule has 0 aliphatic heterocycles. The van der Waals surface area contributed by atoms with Gasteiger partial charge in [0.25, 0.3) is 5.56 Å². The van der Waals surface area contributed by atoms with E-state index in [0.29, 0.717) is 11.2 Å². The second kappa shape index (κ2) is 7.52. The number of thioether (sulfide) groups is 1. The summed E-state index contributed by atoms with van der Waals surface area (Å²) in [5, 5.41) is 10.1. The van der Waals surface area contributed by atoms with E-state index in [9.17, 15) is 4.79 Å². The van der Waals surface area contributed by atoms with Crippen LogP contribution in [0.15, 0.2) is 40.3 Å². The third-order valence-corrected chi connectivity index (χ3v) is 7.10. The smallest absolute Gasteiger partial charge is 0.259 e. The van der Waals surface area contributed by atoms with Gasteiger partial charge in [-0.25, -0.2) is 4.98 Å². The lowest BCUT2D eigenvalue weighted by molar-refractivity contribution is 0.745. The Morgan fingerprint density at radius 3 is 2.71 bits per heavy atom. The zero-order chi connectivity index (χ0) is 19.8. The lowest BCUT2D eigenvalue weighted by atomic mass is 10.1. The topological polar surface area (TPSA) is 76.5 Å². The van der Waals surface area contributed by atoms with E-state index in [2.05, 4.69) is 27.3 Å². The van der Waals surface area contributed by atoms with Gasteiger partial charge in [0.05, 0.1) is 10.6 Å². The molecule has 28 heavy (non-hydrogen) atoms. The van der Waals surface area contributed by atoms with E-state index in [0.717, 1.165) is 32.7 Å². The fourth-order valence-corrected chi connectivity index (χ4v) is 4.99. The molecule has 6 nitrogen and oxygen atoms in total. The van der Waals surface area contributed by atoms with Crippen LogP contribution in [0.3, 0.4) is 0 Å². The first-order chi connectivity index (χ1) is 13.4. The van der Waals surface area contributed by atoms with Crippen molar-refractivity contribution in [1.29, 1.82) is 0 Å². The van der Waals surface area contributed by atoms with Crippen LogP contribution in [0, 0.1) is 13.8 Å². The fourth-order valence-electron chi connectivity index (χ4n) is 3.06. The molecule has 4 rings (SSSR count). The number of hydrogen-bond acceptors (Lipinski definition) is 6. The van der Waals surface area contributed by atoms with E-state index in [1.807, 2.05) is 50.6 Å². The summed E-state index contributed by atoms with van der Waals surface area (Å²) >= 11 is 3.11. The van der Waals surface area contributed by atoms with Crippen molar-refractivity contribution in [2.75, 3.05) is 0 Å². The van der Waals surface area contributed by atoms with E-state index in [1.54, 1.807) is 23.1 Å². The van der Waals surface area contributed by atoms with Crippen molar-refractivity contribution in [3.05, 3.63) is 68.3 Å². The minimum absolute atomic E-state index is 0.0488. The van der Waals surface area contributed by atoms with Crippen LogP contribution in [0.5, 0.6) is 0 Å². The highest BCUT2D eigenvalue weighted by Gasteiger charge is 2.19. The van der Waals surface area contributed by atoms with Gasteiger partial charge in [0.2, 0.25) is 0 Å². The first kappa shape index (κ1) is 18.9. The number of H-pyrrole nitrogens is 1. The minimum atomic E-state index is -0.0722. The van der Waals surface area contributed by atoms with Crippen LogP contribution in [0.25, 0.3) is 10.2 Å². The third-order valence-electron chi connectivity index (χ3n) is 4.85. The molecule has 0 aliphatic rings. The van der Waals surface area contributed by atoms with Gasteiger partial charge in [-0.15, -0.1) is 21.5 Å². The summed E-state index contributed by atoms with van der Waals surface area (Å²) in [6, 6.07) is 10.2. The molecule has 0 saturated heterocycles. The summed E-state index contributed by atoms with van der Waals surface area (Å²) in [5.41, 5.74) is 2.14. The quantitative estimate of drug-likeness (QED) is 0.499. The fraction of sp³-hybridized carbons (Fsp3) is 0.300. The monoisotopic (exact) mass is 411 g/mol. The summed E-state index contributed by atoms with van der Waals surface area (Å²) in [7, 11) is 1.97. The van der Waals surface area contributed by atoms with Gasteiger partial charge in [-0.3, -0.25) is 4.79 Å². The first-order valence-electron chi connectivity index (χ1n) is 9.02. The normalized spacial score (nSPS) is 12.6. The van der Waals surface area contributed by atoms with E-state index in [4.69, 9.17) is 4.98 Å². The van der Waals surface area contributed by atoms with Gasteiger partial charge in [0.1, 0.15) is 16.5 Å². The number of thiophene rings is 1. The molecule has 0 fully saturated rings. The predicted octanol–water partition coefficient (Wildman–Crippen LogP) is 4.17. The molecule has 0 bridgehead atoms. The largest absolute Gasteiger partial charge is 0.309 e. The lowest BCUT2D eigenvalue weighted by Crippen LogP contribution is -2.12. The lowest BCUT2D eigenvalue weighted by Gasteiger charge is -2.10. The second-order valence-electron chi connectivity index (χ2n) is 6.79. The Hall–Kier alpha value is -2.45. The van der Waals surface area contributed by atoms with E-state index in [1.165, 1.54) is 5.56 Å². The van der Waals surface area contributed by atoms with Crippen molar-refractivity contribution in [1.82, 2.24) is 24.7 Å². The van der Waals surface area contributed by atoms with Gasteiger partial charge in [-0.1, -0.05) is 42.1 Å². The van der Waals surface area contributed by atoms with Crippen molar-refractivity contribution >= 4 is 33.3 Å². The molecule has 0 amide bonds. The molecule has 1 N–H and O–H groups in total. The summed E-state index contributed by atoms with van der Waals surface area (Å²) in [6.45, 7) is 6.01. The average Bonchev–Trinajstić information content (AvgIpc) is 3.16. The van der Waals surface area contributed by atoms with Crippen LogP contribution < -0.4 is 5.56 Å².